The molecule has 0 spiro atoms. The Bertz CT molecular complexity index is 407. The van der Waals surface area contributed by atoms with Gasteiger partial charge in [0.1, 0.15) is 0 Å². The maximum Gasteiger partial charge on any atom is 0.337 e. The number of rotatable bonds is 5. The van der Waals surface area contributed by atoms with Gasteiger partial charge in [-0.1, -0.05) is 11.6 Å². The lowest BCUT2D eigenvalue weighted by Gasteiger charge is -2.20. The molecule has 0 aliphatic carbocycles. The van der Waals surface area contributed by atoms with E-state index in [1.807, 2.05) is 14.1 Å². The molecular formula is C12H17ClN2O2. The number of anilines is 1. The van der Waals surface area contributed by atoms with Gasteiger partial charge in [-0.05, 0) is 39.2 Å². The Morgan fingerprint density at radius 1 is 1.53 bits per heavy atom. The van der Waals surface area contributed by atoms with Gasteiger partial charge < -0.3 is 15.3 Å². The first kappa shape index (κ1) is 13.8. The summed E-state index contributed by atoms with van der Waals surface area (Å²) in [4.78, 5) is 12.9. The van der Waals surface area contributed by atoms with Crippen molar-refractivity contribution in [2.75, 3.05) is 26.0 Å². The van der Waals surface area contributed by atoms with E-state index in [1.54, 1.807) is 12.1 Å². The van der Waals surface area contributed by atoms with E-state index < -0.39 is 5.97 Å². The average molecular weight is 257 g/mol. The normalized spacial score (nSPS) is 12.5. The Morgan fingerprint density at radius 2 is 2.18 bits per heavy atom. The summed E-state index contributed by atoms with van der Waals surface area (Å²) in [6.45, 7) is 2.87. The maximum absolute atomic E-state index is 10.8. The lowest BCUT2D eigenvalue weighted by Crippen LogP contribution is -2.31. The molecule has 1 unspecified atom stereocenters. The van der Waals surface area contributed by atoms with Crippen molar-refractivity contribution in [3.05, 3.63) is 28.8 Å². The Hall–Kier alpha value is -1.26. The molecule has 1 atom stereocenters. The zero-order valence-electron chi connectivity index (χ0n) is 10.2. The Morgan fingerprint density at radius 3 is 2.65 bits per heavy atom. The van der Waals surface area contributed by atoms with Crippen LogP contribution in [0.15, 0.2) is 18.2 Å². The fraction of sp³-hybridized carbons (Fsp3) is 0.417. The molecule has 0 heterocycles. The van der Waals surface area contributed by atoms with Gasteiger partial charge in [0.15, 0.2) is 0 Å². The number of likely N-dealkylation sites (N-methyl/N-ethyl adjacent to an activating group) is 1. The van der Waals surface area contributed by atoms with Crippen molar-refractivity contribution in [1.29, 1.82) is 0 Å². The minimum Gasteiger partial charge on any atom is -0.478 e. The van der Waals surface area contributed by atoms with E-state index in [9.17, 15) is 4.79 Å². The highest BCUT2D eigenvalue weighted by molar-refractivity contribution is 6.33. The molecule has 0 aliphatic heterocycles. The van der Waals surface area contributed by atoms with Crippen molar-refractivity contribution in [1.82, 2.24) is 4.90 Å². The number of carboxylic acids is 1. The molecule has 1 rings (SSSR count). The summed E-state index contributed by atoms with van der Waals surface area (Å²) in [5.41, 5.74) is 0.951. The van der Waals surface area contributed by atoms with E-state index in [0.29, 0.717) is 6.04 Å². The molecule has 2 N–H and O–H groups in total. The van der Waals surface area contributed by atoms with Crippen LogP contribution in [-0.4, -0.2) is 42.7 Å². The highest BCUT2D eigenvalue weighted by atomic mass is 35.5. The highest BCUT2D eigenvalue weighted by Crippen LogP contribution is 2.21. The van der Waals surface area contributed by atoms with E-state index in [-0.39, 0.29) is 10.6 Å². The van der Waals surface area contributed by atoms with Gasteiger partial charge in [0.2, 0.25) is 0 Å². The molecule has 0 saturated carbocycles. The molecule has 0 bridgehead atoms. The summed E-state index contributed by atoms with van der Waals surface area (Å²) in [5.74, 6) is -1.01. The first-order chi connectivity index (χ1) is 7.91. The molecule has 0 radical (unpaired) electrons. The van der Waals surface area contributed by atoms with Crippen LogP contribution in [0.2, 0.25) is 5.02 Å². The molecule has 1 aromatic carbocycles. The lowest BCUT2D eigenvalue weighted by atomic mass is 10.2. The van der Waals surface area contributed by atoms with E-state index in [0.717, 1.165) is 12.2 Å². The number of nitrogens with one attached hydrogen (secondary N) is 1. The minimum atomic E-state index is -1.01. The topological polar surface area (TPSA) is 52.6 Å². The minimum absolute atomic E-state index is 0.123. The van der Waals surface area contributed by atoms with Gasteiger partial charge in [0.25, 0.3) is 0 Å². The molecule has 4 nitrogen and oxygen atoms in total. The molecular weight excluding hydrogens is 240 g/mol. The van der Waals surface area contributed by atoms with Gasteiger partial charge in [-0.25, -0.2) is 4.79 Å². The van der Waals surface area contributed by atoms with Gasteiger partial charge in [-0.15, -0.1) is 0 Å². The summed E-state index contributed by atoms with van der Waals surface area (Å²) in [7, 11) is 4.01. The van der Waals surface area contributed by atoms with Crippen LogP contribution in [0.4, 0.5) is 5.69 Å². The number of hydrogen-bond acceptors (Lipinski definition) is 3. The van der Waals surface area contributed by atoms with Crippen LogP contribution in [0.3, 0.4) is 0 Å². The van der Waals surface area contributed by atoms with E-state index in [1.165, 1.54) is 6.07 Å². The third-order valence-corrected chi connectivity index (χ3v) is 3.00. The monoisotopic (exact) mass is 256 g/mol. The van der Waals surface area contributed by atoms with Crippen molar-refractivity contribution in [2.24, 2.45) is 0 Å². The summed E-state index contributed by atoms with van der Waals surface area (Å²) in [6, 6.07) is 5.24. The Labute approximate surface area is 106 Å². The molecule has 94 valence electrons. The lowest BCUT2D eigenvalue weighted by molar-refractivity contribution is 0.0697. The molecule has 0 saturated heterocycles. The number of hydrogen-bond donors (Lipinski definition) is 2. The van der Waals surface area contributed by atoms with Crippen LogP contribution in [0.25, 0.3) is 0 Å². The number of nitrogens with zero attached hydrogens (tertiary/aromatic N) is 1. The van der Waals surface area contributed by atoms with Crippen molar-refractivity contribution in [3.63, 3.8) is 0 Å². The van der Waals surface area contributed by atoms with Gasteiger partial charge in [0, 0.05) is 18.3 Å². The average Bonchev–Trinajstić information content (AvgIpc) is 2.25. The quantitative estimate of drug-likeness (QED) is 0.850. The number of carboxylic acid groups (broad SMARTS) is 1. The molecule has 17 heavy (non-hydrogen) atoms. The molecule has 0 fully saturated rings. The van der Waals surface area contributed by atoms with Crippen molar-refractivity contribution in [3.8, 4) is 0 Å². The van der Waals surface area contributed by atoms with Gasteiger partial charge in [-0.2, -0.15) is 0 Å². The van der Waals surface area contributed by atoms with Crippen molar-refractivity contribution >= 4 is 23.3 Å². The number of halogens is 1. The molecule has 0 amide bonds. The molecule has 1 aromatic rings. The third kappa shape index (κ3) is 3.91. The highest BCUT2D eigenvalue weighted by Gasteiger charge is 2.09. The van der Waals surface area contributed by atoms with E-state index in [2.05, 4.69) is 17.1 Å². The number of carbonyl (C=O) groups is 1. The molecule has 5 heteroatoms. The van der Waals surface area contributed by atoms with Gasteiger partial charge in [-0.3, -0.25) is 0 Å². The number of benzene rings is 1. The second-order valence-electron chi connectivity index (χ2n) is 4.19. The standard InChI is InChI=1S/C12H17ClN2O2/c1-8(15(2)3)7-14-9-4-5-10(12(16)17)11(13)6-9/h4-6,8,14H,7H2,1-3H3,(H,16,17). The van der Waals surface area contributed by atoms with Crippen LogP contribution in [0.1, 0.15) is 17.3 Å². The van der Waals surface area contributed by atoms with Crippen molar-refractivity contribution in [2.45, 2.75) is 13.0 Å². The third-order valence-electron chi connectivity index (χ3n) is 2.68. The first-order valence-corrected chi connectivity index (χ1v) is 5.72. The van der Waals surface area contributed by atoms with Gasteiger partial charge >= 0.3 is 5.97 Å². The van der Waals surface area contributed by atoms with Crippen LogP contribution in [-0.2, 0) is 0 Å². The van der Waals surface area contributed by atoms with Gasteiger partial charge in [0.05, 0.1) is 10.6 Å². The zero-order valence-corrected chi connectivity index (χ0v) is 11.0. The van der Waals surface area contributed by atoms with Crippen LogP contribution >= 0.6 is 11.6 Å². The summed E-state index contributed by atoms with van der Waals surface area (Å²) in [6.07, 6.45) is 0. The predicted octanol–water partition coefficient (Wildman–Crippen LogP) is 2.40. The van der Waals surface area contributed by atoms with Crippen LogP contribution in [0.5, 0.6) is 0 Å². The van der Waals surface area contributed by atoms with Crippen LogP contribution < -0.4 is 5.32 Å². The second kappa shape index (κ2) is 5.89. The van der Waals surface area contributed by atoms with E-state index >= 15 is 0 Å². The molecule has 0 aromatic heterocycles. The smallest absolute Gasteiger partial charge is 0.337 e. The Kier molecular flexibility index (Phi) is 4.78. The summed E-state index contributed by atoms with van der Waals surface area (Å²) in [5, 5.41) is 12.3. The number of aromatic carboxylic acids is 1. The fourth-order valence-corrected chi connectivity index (χ4v) is 1.51. The molecule has 0 aliphatic rings. The Balaban J connectivity index is 2.68. The zero-order chi connectivity index (χ0) is 13.0. The predicted molar refractivity (Wildman–Crippen MR) is 70.1 cm³/mol. The first-order valence-electron chi connectivity index (χ1n) is 5.35. The summed E-state index contributed by atoms with van der Waals surface area (Å²) >= 11 is 5.87. The van der Waals surface area contributed by atoms with Crippen molar-refractivity contribution < 1.29 is 9.90 Å². The maximum atomic E-state index is 10.8. The van der Waals surface area contributed by atoms with Crippen LogP contribution in [0, 0.1) is 0 Å². The van der Waals surface area contributed by atoms with E-state index in [4.69, 9.17) is 16.7 Å². The SMILES string of the molecule is CC(CNc1ccc(C(=O)O)c(Cl)c1)N(C)C. The summed E-state index contributed by atoms with van der Waals surface area (Å²) < 4.78 is 0. The second-order valence-corrected chi connectivity index (χ2v) is 4.60. The fourth-order valence-electron chi connectivity index (χ4n) is 1.25. The largest absolute Gasteiger partial charge is 0.478 e.